The Hall–Kier alpha value is -0.610. The van der Waals surface area contributed by atoms with Gasteiger partial charge in [0.05, 0.1) is 12.0 Å². The standard InChI is InChI=1S/C10H19NO3/c1-2-5-11-6-3-10(14,4-7-11)8-9(12)13/h14H,2-8H2,1H3,(H,12,13). The second kappa shape index (κ2) is 4.75. The topological polar surface area (TPSA) is 60.8 Å². The highest BCUT2D eigenvalue weighted by Gasteiger charge is 2.33. The molecule has 0 saturated carbocycles. The summed E-state index contributed by atoms with van der Waals surface area (Å²) >= 11 is 0. The highest BCUT2D eigenvalue weighted by Crippen LogP contribution is 2.25. The summed E-state index contributed by atoms with van der Waals surface area (Å²) in [6, 6.07) is 0. The van der Waals surface area contributed by atoms with E-state index in [0.717, 1.165) is 26.1 Å². The van der Waals surface area contributed by atoms with Crippen molar-refractivity contribution in [2.24, 2.45) is 0 Å². The van der Waals surface area contributed by atoms with Crippen molar-refractivity contribution in [2.75, 3.05) is 19.6 Å². The van der Waals surface area contributed by atoms with Gasteiger partial charge in [-0.3, -0.25) is 4.79 Å². The maximum Gasteiger partial charge on any atom is 0.306 e. The molecule has 0 atom stereocenters. The largest absolute Gasteiger partial charge is 0.481 e. The van der Waals surface area contributed by atoms with Gasteiger partial charge in [0.25, 0.3) is 0 Å². The van der Waals surface area contributed by atoms with Gasteiger partial charge in [0.1, 0.15) is 0 Å². The van der Waals surface area contributed by atoms with E-state index in [4.69, 9.17) is 5.11 Å². The minimum atomic E-state index is -0.962. The predicted molar refractivity (Wildman–Crippen MR) is 53.2 cm³/mol. The number of hydrogen-bond donors (Lipinski definition) is 2. The van der Waals surface area contributed by atoms with Gasteiger partial charge in [-0.05, 0) is 25.8 Å². The van der Waals surface area contributed by atoms with Crippen LogP contribution < -0.4 is 0 Å². The van der Waals surface area contributed by atoms with Crippen LogP contribution in [0.5, 0.6) is 0 Å². The van der Waals surface area contributed by atoms with E-state index >= 15 is 0 Å². The van der Waals surface area contributed by atoms with Crippen molar-refractivity contribution in [1.29, 1.82) is 0 Å². The molecule has 0 aromatic carbocycles. The van der Waals surface area contributed by atoms with Crippen molar-refractivity contribution in [1.82, 2.24) is 4.90 Å². The Morgan fingerprint density at radius 2 is 2.00 bits per heavy atom. The highest BCUT2D eigenvalue weighted by atomic mass is 16.4. The summed E-state index contributed by atoms with van der Waals surface area (Å²) in [6.45, 7) is 4.80. The first-order chi connectivity index (χ1) is 6.56. The molecule has 1 aliphatic rings. The molecule has 2 N–H and O–H groups in total. The van der Waals surface area contributed by atoms with Crippen molar-refractivity contribution >= 4 is 5.97 Å². The predicted octanol–water partition coefficient (Wildman–Crippen LogP) is 0.698. The van der Waals surface area contributed by atoms with E-state index < -0.39 is 11.6 Å². The first-order valence-corrected chi connectivity index (χ1v) is 5.22. The molecule has 0 aliphatic carbocycles. The second-order valence-electron chi connectivity index (χ2n) is 4.14. The van der Waals surface area contributed by atoms with Gasteiger partial charge >= 0.3 is 5.97 Å². The average molecular weight is 201 g/mol. The van der Waals surface area contributed by atoms with Crippen LogP contribution in [0.25, 0.3) is 0 Å². The molecular formula is C10H19NO3. The third kappa shape index (κ3) is 3.27. The van der Waals surface area contributed by atoms with Crippen LogP contribution in [-0.2, 0) is 4.79 Å². The number of piperidine rings is 1. The van der Waals surface area contributed by atoms with Gasteiger partial charge in [-0.2, -0.15) is 0 Å². The normalized spacial score (nSPS) is 22.1. The lowest BCUT2D eigenvalue weighted by molar-refractivity contribution is -0.144. The third-order valence-electron chi connectivity index (χ3n) is 2.81. The molecule has 1 aliphatic heterocycles. The van der Waals surface area contributed by atoms with Gasteiger partial charge in [0.15, 0.2) is 0 Å². The van der Waals surface area contributed by atoms with Crippen LogP contribution in [0.2, 0.25) is 0 Å². The molecule has 0 aromatic rings. The van der Waals surface area contributed by atoms with Gasteiger partial charge < -0.3 is 15.1 Å². The molecule has 0 radical (unpaired) electrons. The first-order valence-electron chi connectivity index (χ1n) is 5.22. The molecule has 1 heterocycles. The molecule has 0 bridgehead atoms. The summed E-state index contributed by atoms with van der Waals surface area (Å²) in [4.78, 5) is 12.8. The van der Waals surface area contributed by atoms with Crippen molar-refractivity contribution in [3.05, 3.63) is 0 Å². The van der Waals surface area contributed by atoms with Crippen molar-refractivity contribution in [2.45, 2.75) is 38.2 Å². The Morgan fingerprint density at radius 3 is 2.43 bits per heavy atom. The van der Waals surface area contributed by atoms with Gasteiger partial charge in [-0.25, -0.2) is 0 Å². The molecule has 4 heteroatoms. The monoisotopic (exact) mass is 201 g/mol. The molecule has 1 saturated heterocycles. The molecule has 0 aromatic heterocycles. The summed E-state index contributed by atoms with van der Waals surface area (Å²) in [5, 5.41) is 18.5. The lowest BCUT2D eigenvalue weighted by atomic mass is 9.88. The van der Waals surface area contributed by atoms with E-state index in [9.17, 15) is 9.90 Å². The Bertz CT molecular complexity index is 198. The smallest absolute Gasteiger partial charge is 0.306 e. The Labute approximate surface area is 84.5 Å². The minimum Gasteiger partial charge on any atom is -0.481 e. The van der Waals surface area contributed by atoms with E-state index in [1.807, 2.05) is 0 Å². The Kier molecular flexibility index (Phi) is 3.89. The molecule has 1 fully saturated rings. The third-order valence-corrected chi connectivity index (χ3v) is 2.81. The fraction of sp³-hybridized carbons (Fsp3) is 0.900. The molecule has 1 rings (SSSR count). The summed E-state index contributed by atoms with van der Waals surface area (Å²) in [5.74, 6) is -0.906. The van der Waals surface area contributed by atoms with E-state index in [0.29, 0.717) is 12.8 Å². The van der Waals surface area contributed by atoms with Crippen LogP contribution in [0.4, 0.5) is 0 Å². The fourth-order valence-corrected chi connectivity index (χ4v) is 1.97. The van der Waals surface area contributed by atoms with Gasteiger partial charge in [-0.1, -0.05) is 6.92 Å². The van der Waals surface area contributed by atoms with Crippen LogP contribution >= 0.6 is 0 Å². The number of carboxylic acids is 1. The van der Waals surface area contributed by atoms with Crippen LogP contribution in [0.3, 0.4) is 0 Å². The number of likely N-dealkylation sites (tertiary alicyclic amines) is 1. The van der Waals surface area contributed by atoms with Crippen molar-refractivity contribution in [3.63, 3.8) is 0 Å². The zero-order valence-electron chi connectivity index (χ0n) is 8.70. The Balaban J connectivity index is 2.36. The molecule has 14 heavy (non-hydrogen) atoms. The summed E-state index contributed by atoms with van der Waals surface area (Å²) in [7, 11) is 0. The number of hydrogen-bond acceptors (Lipinski definition) is 3. The second-order valence-corrected chi connectivity index (χ2v) is 4.14. The first kappa shape index (κ1) is 11.5. The number of carboxylic acid groups (broad SMARTS) is 1. The van der Waals surface area contributed by atoms with E-state index in [1.54, 1.807) is 0 Å². The van der Waals surface area contributed by atoms with Gasteiger partial charge in [0.2, 0.25) is 0 Å². The van der Waals surface area contributed by atoms with Crippen LogP contribution in [-0.4, -0.2) is 46.3 Å². The molecule has 82 valence electrons. The number of aliphatic hydroxyl groups is 1. The maximum atomic E-state index is 10.5. The van der Waals surface area contributed by atoms with E-state index in [2.05, 4.69) is 11.8 Å². The molecular weight excluding hydrogens is 182 g/mol. The lowest BCUT2D eigenvalue weighted by Crippen LogP contribution is -2.45. The quantitative estimate of drug-likeness (QED) is 0.703. The van der Waals surface area contributed by atoms with Gasteiger partial charge in [-0.15, -0.1) is 0 Å². The lowest BCUT2D eigenvalue weighted by Gasteiger charge is -2.37. The fourth-order valence-electron chi connectivity index (χ4n) is 1.97. The summed E-state index contributed by atoms with van der Waals surface area (Å²) < 4.78 is 0. The zero-order chi connectivity index (χ0) is 10.6. The summed E-state index contributed by atoms with van der Waals surface area (Å²) in [5.41, 5.74) is -0.962. The van der Waals surface area contributed by atoms with Crippen LogP contribution in [0.15, 0.2) is 0 Å². The molecule has 0 unspecified atom stereocenters. The highest BCUT2D eigenvalue weighted by molar-refractivity contribution is 5.68. The summed E-state index contributed by atoms with van der Waals surface area (Å²) in [6.07, 6.45) is 2.16. The zero-order valence-corrected chi connectivity index (χ0v) is 8.70. The van der Waals surface area contributed by atoms with Gasteiger partial charge in [0, 0.05) is 13.1 Å². The van der Waals surface area contributed by atoms with Crippen molar-refractivity contribution < 1.29 is 15.0 Å². The van der Waals surface area contributed by atoms with Crippen LogP contribution in [0, 0.1) is 0 Å². The van der Waals surface area contributed by atoms with Crippen molar-refractivity contribution in [3.8, 4) is 0 Å². The molecule has 0 amide bonds. The number of rotatable bonds is 4. The molecule has 4 nitrogen and oxygen atoms in total. The number of aliphatic carboxylic acids is 1. The minimum absolute atomic E-state index is 0.118. The van der Waals surface area contributed by atoms with Crippen LogP contribution in [0.1, 0.15) is 32.6 Å². The maximum absolute atomic E-state index is 10.5. The SMILES string of the molecule is CCCN1CCC(O)(CC(=O)O)CC1. The average Bonchev–Trinajstić information content (AvgIpc) is 2.08. The number of carbonyl (C=O) groups is 1. The van der Waals surface area contributed by atoms with E-state index in [-0.39, 0.29) is 6.42 Å². The Morgan fingerprint density at radius 1 is 1.43 bits per heavy atom. The number of nitrogens with zero attached hydrogens (tertiary/aromatic N) is 1. The van der Waals surface area contributed by atoms with E-state index in [1.165, 1.54) is 0 Å². The molecule has 0 spiro atoms.